The van der Waals surface area contributed by atoms with E-state index in [4.69, 9.17) is 0 Å². The van der Waals surface area contributed by atoms with E-state index in [2.05, 4.69) is 50.2 Å². The van der Waals surface area contributed by atoms with E-state index >= 15 is 0 Å². The third-order valence-corrected chi connectivity index (χ3v) is 4.84. The largest absolute Gasteiger partial charge is 0.298 e. The Morgan fingerprint density at radius 2 is 1.57 bits per heavy atom. The first-order chi connectivity index (χ1) is 10.1. The molecule has 0 bridgehead atoms. The van der Waals surface area contributed by atoms with Gasteiger partial charge in [0.25, 0.3) is 0 Å². The minimum atomic E-state index is 0.831. The number of carbonyl (C=O) groups excluding carboxylic acids is 1. The van der Waals surface area contributed by atoms with Crippen LogP contribution in [0.15, 0.2) is 36.4 Å². The molecular weight excluding hydrogens is 256 g/mol. The predicted molar refractivity (Wildman–Crippen MR) is 89.7 cm³/mol. The lowest BCUT2D eigenvalue weighted by molar-refractivity contribution is 0.112. The number of hydrogen-bond acceptors (Lipinski definition) is 1. The minimum Gasteiger partial charge on any atom is -0.298 e. The zero-order valence-electron chi connectivity index (χ0n) is 12.4. The summed E-state index contributed by atoms with van der Waals surface area (Å²) in [5, 5.41) is 7.40. The normalized spacial score (nSPS) is 11.8. The average Bonchev–Trinajstić information content (AvgIpc) is 2.48. The van der Waals surface area contributed by atoms with Crippen molar-refractivity contribution in [2.75, 3.05) is 0 Å². The van der Waals surface area contributed by atoms with Crippen LogP contribution in [0, 0.1) is 20.8 Å². The van der Waals surface area contributed by atoms with Crippen LogP contribution in [0.3, 0.4) is 0 Å². The molecule has 0 atom stereocenters. The zero-order valence-corrected chi connectivity index (χ0v) is 12.4. The van der Waals surface area contributed by atoms with Gasteiger partial charge in [-0.2, -0.15) is 0 Å². The van der Waals surface area contributed by atoms with E-state index in [0.717, 1.165) is 22.8 Å². The first kappa shape index (κ1) is 12.3. The maximum atomic E-state index is 11.6. The lowest BCUT2D eigenvalue weighted by Gasteiger charge is -2.18. The van der Waals surface area contributed by atoms with Gasteiger partial charge in [0, 0.05) is 5.56 Å². The quantitative estimate of drug-likeness (QED) is 0.338. The van der Waals surface area contributed by atoms with Crippen LogP contribution < -0.4 is 0 Å². The smallest absolute Gasteiger partial charge is 0.150 e. The van der Waals surface area contributed by atoms with Crippen molar-refractivity contribution >= 4 is 38.6 Å². The van der Waals surface area contributed by atoms with Crippen molar-refractivity contribution in [2.45, 2.75) is 20.8 Å². The third-order valence-electron chi connectivity index (χ3n) is 4.84. The van der Waals surface area contributed by atoms with Crippen LogP contribution in [0.25, 0.3) is 32.3 Å². The Bertz CT molecular complexity index is 1020. The van der Waals surface area contributed by atoms with Gasteiger partial charge in [-0.25, -0.2) is 0 Å². The molecular formula is C20H16O. The van der Waals surface area contributed by atoms with Crippen LogP contribution in [-0.2, 0) is 0 Å². The number of aryl methyl sites for hydroxylation is 2. The molecule has 0 aliphatic carbocycles. The maximum absolute atomic E-state index is 11.6. The van der Waals surface area contributed by atoms with Crippen molar-refractivity contribution in [1.82, 2.24) is 0 Å². The molecule has 0 aromatic heterocycles. The highest BCUT2D eigenvalue weighted by Crippen LogP contribution is 2.40. The van der Waals surface area contributed by atoms with Gasteiger partial charge in [0.2, 0.25) is 0 Å². The summed E-state index contributed by atoms with van der Waals surface area (Å²) < 4.78 is 0. The molecule has 0 amide bonds. The van der Waals surface area contributed by atoms with E-state index in [1.54, 1.807) is 0 Å². The van der Waals surface area contributed by atoms with Gasteiger partial charge in [0.1, 0.15) is 0 Å². The summed E-state index contributed by atoms with van der Waals surface area (Å²) in [5.74, 6) is 0. The van der Waals surface area contributed by atoms with Crippen LogP contribution in [-0.4, -0.2) is 6.29 Å². The standard InChI is InChI=1S/C20H16O/c1-11-9-15-6-4-5-14-7-8-16-17(10-21)12(2)13(3)18(11)20(16)19(14)15/h4-10H,1-3H3. The molecule has 0 saturated heterocycles. The third kappa shape index (κ3) is 1.43. The van der Waals surface area contributed by atoms with E-state index in [0.29, 0.717) is 0 Å². The number of carbonyl (C=O) groups is 1. The van der Waals surface area contributed by atoms with Gasteiger partial charge in [-0.3, -0.25) is 4.79 Å². The highest BCUT2D eigenvalue weighted by atomic mass is 16.1. The SMILES string of the molecule is Cc1c(C=O)c2ccc3cccc4cc(C)c(c1C)c2c34. The van der Waals surface area contributed by atoms with Crippen molar-refractivity contribution in [3.63, 3.8) is 0 Å². The van der Waals surface area contributed by atoms with Gasteiger partial charge in [0.05, 0.1) is 0 Å². The predicted octanol–water partition coefficient (Wildman–Crippen LogP) is 5.32. The molecule has 4 aromatic rings. The average molecular weight is 272 g/mol. The lowest BCUT2D eigenvalue weighted by Crippen LogP contribution is -1.98. The molecule has 0 aliphatic heterocycles. The molecule has 0 spiro atoms. The first-order valence-electron chi connectivity index (χ1n) is 7.26. The minimum absolute atomic E-state index is 0.831. The number of aldehydes is 1. The second-order valence-corrected chi connectivity index (χ2v) is 5.92. The molecule has 21 heavy (non-hydrogen) atoms. The van der Waals surface area contributed by atoms with Crippen LogP contribution >= 0.6 is 0 Å². The Labute approximate surface area is 123 Å². The Hall–Kier alpha value is -2.41. The maximum Gasteiger partial charge on any atom is 0.150 e. The lowest BCUT2D eigenvalue weighted by atomic mass is 9.85. The molecule has 0 saturated carbocycles. The van der Waals surface area contributed by atoms with Gasteiger partial charge in [-0.1, -0.05) is 36.4 Å². The molecule has 0 heterocycles. The fraction of sp³-hybridized carbons (Fsp3) is 0.150. The summed E-state index contributed by atoms with van der Waals surface area (Å²) in [6.45, 7) is 6.34. The molecule has 0 fully saturated rings. The summed E-state index contributed by atoms with van der Waals surface area (Å²) in [7, 11) is 0. The van der Waals surface area contributed by atoms with Gasteiger partial charge in [0.15, 0.2) is 6.29 Å². The van der Waals surface area contributed by atoms with Crippen LogP contribution in [0.5, 0.6) is 0 Å². The van der Waals surface area contributed by atoms with Crippen molar-refractivity contribution in [2.24, 2.45) is 0 Å². The zero-order chi connectivity index (χ0) is 14.7. The molecule has 0 unspecified atom stereocenters. The molecule has 0 N–H and O–H groups in total. The fourth-order valence-corrected chi connectivity index (χ4v) is 3.74. The second-order valence-electron chi connectivity index (χ2n) is 5.92. The van der Waals surface area contributed by atoms with E-state index in [1.807, 2.05) is 6.92 Å². The molecule has 4 aromatic carbocycles. The molecule has 0 aliphatic rings. The van der Waals surface area contributed by atoms with Crippen molar-refractivity contribution in [1.29, 1.82) is 0 Å². The number of benzene rings is 4. The van der Waals surface area contributed by atoms with E-state index < -0.39 is 0 Å². The first-order valence-corrected chi connectivity index (χ1v) is 7.26. The molecule has 4 rings (SSSR count). The summed E-state index contributed by atoms with van der Waals surface area (Å²) in [6.07, 6.45) is 1.00. The molecule has 1 nitrogen and oxygen atoms in total. The highest BCUT2D eigenvalue weighted by molar-refractivity contribution is 6.27. The Kier molecular flexibility index (Phi) is 2.38. The van der Waals surface area contributed by atoms with E-state index in [-0.39, 0.29) is 0 Å². The van der Waals surface area contributed by atoms with Gasteiger partial charge in [-0.05, 0) is 69.8 Å². The Morgan fingerprint density at radius 3 is 2.33 bits per heavy atom. The fourth-order valence-electron chi connectivity index (χ4n) is 3.74. The summed E-state index contributed by atoms with van der Waals surface area (Å²) >= 11 is 0. The number of hydrogen-bond donors (Lipinski definition) is 0. The monoisotopic (exact) mass is 272 g/mol. The van der Waals surface area contributed by atoms with Gasteiger partial charge in [-0.15, -0.1) is 0 Å². The molecule has 1 heteroatoms. The Balaban J connectivity index is 2.49. The number of rotatable bonds is 1. The van der Waals surface area contributed by atoms with Crippen molar-refractivity contribution < 1.29 is 4.79 Å². The molecule has 102 valence electrons. The summed E-state index contributed by atoms with van der Waals surface area (Å²) in [6, 6.07) is 12.9. The molecule has 0 radical (unpaired) electrons. The van der Waals surface area contributed by atoms with Crippen LogP contribution in [0.2, 0.25) is 0 Å². The van der Waals surface area contributed by atoms with Gasteiger partial charge >= 0.3 is 0 Å². The topological polar surface area (TPSA) is 17.1 Å². The van der Waals surface area contributed by atoms with E-state index in [9.17, 15) is 4.79 Å². The second kappa shape index (κ2) is 4.05. The summed E-state index contributed by atoms with van der Waals surface area (Å²) in [4.78, 5) is 11.6. The van der Waals surface area contributed by atoms with Gasteiger partial charge < -0.3 is 0 Å². The van der Waals surface area contributed by atoms with Crippen molar-refractivity contribution in [3.05, 3.63) is 58.7 Å². The van der Waals surface area contributed by atoms with Crippen LogP contribution in [0.1, 0.15) is 27.0 Å². The van der Waals surface area contributed by atoms with Crippen molar-refractivity contribution in [3.8, 4) is 0 Å². The van der Waals surface area contributed by atoms with Crippen LogP contribution in [0.4, 0.5) is 0 Å². The highest BCUT2D eigenvalue weighted by Gasteiger charge is 2.17. The summed E-state index contributed by atoms with van der Waals surface area (Å²) in [5.41, 5.74) is 4.43. The Morgan fingerprint density at radius 1 is 0.810 bits per heavy atom. The van der Waals surface area contributed by atoms with E-state index in [1.165, 1.54) is 38.1 Å².